The summed E-state index contributed by atoms with van der Waals surface area (Å²) in [5.41, 5.74) is 1.95. The highest BCUT2D eigenvalue weighted by Gasteiger charge is 2.09. The van der Waals surface area contributed by atoms with E-state index in [2.05, 4.69) is 15.5 Å². The fraction of sp³-hybridized carbons (Fsp3) is 0.0625. The summed E-state index contributed by atoms with van der Waals surface area (Å²) in [4.78, 5) is 16.3. The predicted molar refractivity (Wildman–Crippen MR) is 83.9 cm³/mol. The van der Waals surface area contributed by atoms with Crippen molar-refractivity contribution in [3.05, 3.63) is 65.0 Å². The molecule has 5 nitrogen and oxygen atoms in total. The van der Waals surface area contributed by atoms with Gasteiger partial charge < -0.3 is 9.84 Å². The van der Waals surface area contributed by atoms with Crippen LogP contribution in [0.1, 0.15) is 16.2 Å². The normalized spacial score (nSPS) is 10.5. The van der Waals surface area contributed by atoms with E-state index in [4.69, 9.17) is 16.1 Å². The minimum Gasteiger partial charge on any atom is -0.339 e. The maximum atomic E-state index is 12.2. The van der Waals surface area contributed by atoms with Crippen LogP contribution < -0.4 is 5.32 Å². The molecular formula is C16H12ClN3O2. The average molecular weight is 314 g/mol. The highest BCUT2D eigenvalue weighted by molar-refractivity contribution is 6.30. The number of nitrogens with one attached hydrogen (secondary N) is 1. The molecule has 0 spiro atoms. The summed E-state index contributed by atoms with van der Waals surface area (Å²) in [7, 11) is 0. The van der Waals surface area contributed by atoms with E-state index in [0.717, 1.165) is 5.56 Å². The molecule has 0 aliphatic heterocycles. The van der Waals surface area contributed by atoms with Gasteiger partial charge in [0.25, 0.3) is 5.91 Å². The van der Waals surface area contributed by atoms with Gasteiger partial charge in [0, 0.05) is 28.8 Å². The van der Waals surface area contributed by atoms with Crippen molar-refractivity contribution in [2.24, 2.45) is 0 Å². The van der Waals surface area contributed by atoms with E-state index >= 15 is 0 Å². The molecule has 0 unspecified atom stereocenters. The Labute approximate surface area is 131 Å². The van der Waals surface area contributed by atoms with Gasteiger partial charge in [-0.05, 0) is 36.4 Å². The fourth-order valence-corrected chi connectivity index (χ4v) is 2.08. The molecule has 3 aromatic rings. The van der Waals surface area contributed by atoms with Crippen LogP contribution in [0, 0.1) is 6.92 Å². The standard InChI is InChI=1S/C16H12ClN3O2/c1-10-18-15(20-22-10)12-3-2-4-14(9-12)19-16(21)11-5-7-13(17)8-6-11/h2-9H,1H3,(H,19,21). The molecule has 0 saturated heterocycles. The Morgan fingerprint density at radius 1 is 1.18 bits per heavy atom. The molecule has 1 N–H and O–H groups in total. The summed E-state index contributed by atoms with van der Waals surface area (Å²) in [5, 5.41) is 7.28. The van der Waals surface area contributed by atoms with Crippen LogP contribution in [0.5, 0.6) is 0 Å². The lowest BCUT2D eigenvalue weighted by atomic mass is 10.1. The Bertz CT molecular complexity index is 812. The first kappa shape index (κ1) is 14.3. The monoisotopic (exact) mass is 313 g/mol. The van der Waals surface area contributed by atoms with Crippen LogP contribution in [0.4, 0.5) is 5.69 Å². The predicted octanol–water partition coefficient (Wildman–Crippen LogP) is 3.95. The van der Waals surface area contributed by atoms with Crippen LogP contribution in [-0.4, -0.2) is 16.0 Å². The second kappa shape index (κ2) is 5.99. The van der Waals surface area contributed by atoms with Crippen molar-refractivity contribution in [3.8, 4) is 11.4 Å². The lowest BCUT2D eigenvalue weighted by Gasteiger charge is -2.06. The Morgan fingerprint density at radius 3 is 2.64 bits per heavy atom. The van der Waals surface area contributed by atoms with Gasteiger partial charge in [-0.1, -0.05) is 28.9 Å². The molecule has 110 valence electrons. The van der Waals surface area contributed by atoms with Crippen LogP contribution in [0.25, 0.3) is 11.4 Å². The van der Waals surface area contributed by atoms with Gasteiger partial charge in [-0.25, -0.2) is 0 Å². The largest absolute Gasteiger partial charge is 0.339 e. The van der Waals surface area contributed by atoms with Gasteiger partial charge in [-0.2, -0.15) is 4.98 Å². The smallest absolute Gasteiger partial charge is 0.255 e. The number of carbonyl (C=O) groups excluding carboxylic acids is 1. The number of anilines is 1. The van der Waals surface area contributed by atoms with Crippen molar-refractivity contribution >= 4 is 23.2 Å². The van der Waals surface area contributed by atoms with Crippen LogP contribution >= 0.6 is 11.6 Å². The molecular weight excluding hydrogens is 302 g/mol. The molecule has 0 atom stereocenters. The van der Waals surface area contributed by atoms with E-state index in [1.807, 2.05) is 12.1 Å². The van der Waals surface area contributed by atoms with E-state index in [9.17, 15) is 4.79 Å². The van der Waals surface area contributed by atoms with Crippen molar-refractivity contribution in [3.63, 3.8) is 0 Å². The SMILES string of the molecule is Cc1nc(-c2cccc(NC(=O)c3ccc(Cl)cc3)c2)no1. The zero-order valence-electron chi connectivity index (χ0n) is 11.7. The summed E-state index contributed by atoms with van der Waals surface area (Å²) in [6, 6.07) is 13.9. The van der Waals surface area contributed by atoms with E-state index in [-0.39, 0.29) is 5.91 Å². The Morgan fingerprint density at radius 2 is 1.95 bits per heavy atom. The molecule has 0 fully saturated rings. The molecule has 0 bridgehead atoms. The zero-order valence-corrected chi connectivity index (χ0v) is 12.5. The minimum atomic E-state index is -0.210. The lowest BCUT2D eigenvalue weighted by Crippen LogP contribution is -2.11. The van der Waals surface area contributed by atoms with Gasteiger partial charge >= 0.3 is 0 Å². The molecule has 1 heterocycles. The topological polar surface area (TPSA) is 68.0 Å². The summed E-state index contributed by atoms with van der Waals surface area (Å²) in [6.07, 6.45) is 0. The van der Waals surface area contributed by atoms with Gasteiger partial charge in [0.1, 0.15) is 0 Å². The summed E-state index contributed by atoms with van der Waals surface area (Å²) in [6.45, 7) is 1.72. The molecule has 2 aromatic carbocycles. The molecule has 0 aliphatic carbocycles. The maximum absolute atomic E-state index is 12.2. The Hall–Kier alpha value is -2.66. The van der Waals surface area contributed by atoms with Crippen molar-refractivity contribution in [2.75, 3.05) is 5.32 Å². The van der Waals surface area contributed by atoms with Gasteiger partial charge in [-0.3, -0.25) is 4.79 Å². The quantitative estimate of drug-likeness (QED) is 0.795. The van der Waals surface area contributed by atoms with E-state index in [1.165, 1.54) is 0 Å². The number of halogens is 1. The van der Waals surface area contributed by atoms with Crippen molar-refractivity contribution in [1.82, 2.24) is 10.1 Å². The second-order valence-corrected chi connectivity index (χ2v) is 5.12. The van der Waals surface area contributed by atoms with Crippen LogP contribution in [0.15, 0.2) is 53.1 Å². The lowest BCUT2D eigenvalue weighted by molar-refractivity contribution is 0.102. The zero-order chi connectivity index (χ0) is 15.5. The van der Waals surface area contributed by atoms with Crippen molar-refractivity contribution in [2.45, 2.75) is 6.92 Å². The first-order chi connectivity index (χ1) is 10.6. The molecule has 0 saturated carbocycles. The molecule has 22 heavy (non-hydrogen) atoms. The fourth-order valence-electron chi connectivity index (χ4n) is 1.96. The number of rotatable bonds is 3. The van der Waals surface area contributed by atoms with Crippen LogP contribution in [-0.2, 0) is 0 Å². The minimum absolute atomic E-state index is 0.210. The number of hydrogen-bond acceptors (Lipinski definition) is 4. The molecule has 3 rings (SSSR count). The number of hydrogen-bond donors (Lipinski definition) is 1. The van der Waals surface area contributed by atoms with Crippen LogP contribution in [0.2, 0.25) is 5.02 Å². The Kier molecular flexibility index (Phi) is 3.89. The molecule has 0 radical (unpaired) electrons. The third-order valence-electron chi connectivity index (χ3n) is 3.01. The first-order valence-electron chi connectivity index (χ1n) is 6.59. The average Bonchev–Trinajstić information content (AvgIpc) is 2.95. The number of benzene rings is 2. The number of carbonyl (C=O) groups is 1. The van der Waals surface area contributed by atoms with Crippen molar-refractivity contribution < 1.29 is 9.32 Å². The number of aryl methyl sites for hydroxylation is 1. The highest BCUT2D eigenvalue weighted by Crippen LogP contribution is 2.20. The van der Waals surface area contributed by atoms with Gasteiger partial charge in [-0.15, -0.1) is 0 Å². The molecule has 0 aliphatic rings. The van der Waals surface area contributed by atoms with E-state index < -0.39 is 0 Å². The molecule has 1 aromatic heterocycles. The maximum Gasteiger partial charge on any atom is 0.255 e. The highest BCUT2D eigenvalue weighted by atomic mass is 35.5. The van der Waals surface area contributed by atoms with Gasteiger partial charge in [0.2, 0.25) is 11.7 Å². The van der Waals surface area contributed by atoms with Crippen LogP contribution in [0.3, 0.4) is 0 Å². The first-order valence-corrected chi connectivity index (χ1v) is 6.97. The number of amides is 1. The van der Waals surface area contributed by atoms with Crippen molar-refractivity contribution in [1.29, 1.82) is 0 Å². The third kappa shape index (κ3) is 3.15. The van der Waals surface area contributed by atoms with E-state index in [1.54, 1.807) is 43.3 Å². The summed E-state index contributed by atoms with van der Waals surface area (Å²) >= 11 is 5.81. The molecule has 1 amide bonds. The second-order valence-electron chi connectivity index (χ2n) is 4.68. The number of aromatic nitrogens is 2. The summed E-state index contributed by atoms with van der Waals surface area (Å²) in [5.74, 6) is 0.767. The number of nitrogens with zero attached hydrogens (tertiary/aromatic N) is 2. The van der Waals surface area contributed by atoms with E-state index in [0.29, 0.717) is 28.0 Å². The molecule has 6 heteroatoms. The third-order valence-corrected chi connectivity index (χ3v) is 3.26. The summed E-state index contributed by atoms with van der Waals surface area (Å²) < 4.78 is 4.96. The van der Waals surface area contributed by atoms with Gasteiger partial charge in [0.05, 0.1) is 0 Å². The Balaban J connectivity index is 1.81. The van der Waals surface area contributed by atoms with Gasteiger partial charge in [0.15, 0.2) is 0 Å².